The topological polar surface area (TPSA) is 72.0 Å². The summed E-state index contributed by atoms with van der Waals surface area (Å²) >= 11 is 2.67. The number of rotatable bonds is 4. The third-order valence-corrected chi connectivity index (χ3v) is 7.21. The molecule has 0 radical (unpaired) electrons. The minimum absolute atomic E-state index is 0.257. The van der Waals surface area contributed by atoms with Gasteiger partial charge in [0.2, 0.25) is 0 Å². The predicted molar refractivity (Wildman–Crippen MR) is 98.0 cm³/mol. The highest BCUT2D eigenvalue weighted by molar-refractivity contribution is 7.94. The highest BCUT2D eigenvalue weighted by atomic mass is 32.2. The molecule has 0 unspecified atom stereocenters. The molecule has 0 spiro atoms. The molecule has 120 valence electrons. The van der Waals surface area contributed by atoms with E-state index >= 15 is 0 Å². The number of hydrogen-bond donors (Lipinski definition) is 1. The average Bonchev–Trinajstić information content (AvgIpc) is 3.26. The van der Waals surface area contributed by atoms with E-state index in [-0.39, 0.29) is 4.21 Å². The Labute approximate surface area is 146 Å². The largest absolute Gasteiger partial charge is 0.272 e. The van der Waals surface area contributed by atoms with Crippen molar-refractivity contribution in [1.82, 2.24) is 9.97 Å². The van der Waals surface area contributed by atoms with Crippen molar-refractivity contribution in [2.45, 2.75) is 4.21 Å². The van der Waals surface area contributed by atoms with Gasteiger partial charge in [0.1, 0.15) is 15.4 Å². The number of nitrogens with one attached hydrogen (secondary N) is 1. The summed E-state index contributed by atoms with van der Waals surface area (Å²) in [6.07, 6.45) is 1.37. The second-order valence-electron chi connectivity index (χ2n) is 4.96. The minimum atomic E-state index is -3.63. The molecule has 4 aromatic rings. The van der Waals surface area contributed by atoms with Crippen molar-refractivity contribution in [3.63, 3.8) is 0 Å². The van der Waals surface area contributed by atoms with Gasteiger partial charge in [-0.25, -0.2) is 18.4 Å². The lowest BCUT2D eigenvalue weighted by molar-refractivity contribution is 0.603. The van der Waals surface area contributed by atoms with Crippen LogP contribution in [0.25, 0.3) is 20.7 Å². The molecule has 4 rings (SSSR count). The molecule has 3 aromatic heterocycles. The van der Waals surface area contributed by atoms with E-state index in [1.54, 1.807) is 17.5 Å². The van der Waals surface area contributed by atoms with Crippen LogP contribution in [0.3, 0.4) is 0 Å². The van der Waals surface area contributed by atoms with Gasteiger partial charge in [0.05, 0.1) is 5.39 Å². The smallest absolute Gasteiger partial charge is 0.262 e. The average molecular weight is 373 g/mol. The van der Waals surface area contributed by atoms with E-state index in [1.807, 2.05) is 36.4 Å². The predicted octanol–water partition coefficient (Wildman–Crippen LogP) is 4.22. The summed E-state index contributed by atoms with van der Waals surface area (Å²) in [6.45, 7) is 0. The molecule has 3 heterocycles. The van der Waals surface area contributed by atoms with E-state index in [0.717, 1.165) is 15.3 Å². The van der Waals surface area contributed by atoms with E-state index in [4.69, 9.17) is 0 Å². The summed E-state index contributed by atoms with van der Waals surface area (Å²) in [7, 11) is -3.63. The van der Waals surface area contributed by atoms with Crippen molar-refractivity contribution in [2.75, 3.05) is 4.72 Å². The number of hydrogen-bond acceptors (Lipinski definition) is 6. The maximum absolute atomic E-state index is 12.4. The van der Waals surface area contributed by atoms with Gasteiger partial charge < -0.3 is 0 Å². The van der Waals surface area contributed by atoms with Crippen LogP contribution in [0.5, 0.6) is 0 Å². The van der Waals surface area contributed by atoms with Crippen LogP contribution in [0, 0.1) is 0 Å². The zero-order valence-corrected chi connectivity index (χ0v) is 14.7. The standard InChI is InChI=1S/C16H11N3O2S3/c20-24(21,14-7-4-8-22-14)19-15-12-9-13(11-5-2-1-3-6-11)23-16(12)18-10-17-15/h1-10H,(H,17,18,19). The lowest BCUT2D eigenvalue weighted by Crippen LogP contribution is -2.12. The maximum atomic E-state index is 12.4. The third-order valence-electron chi connectivity index (χ3n) is 3.38. The van der Waals surface area contributed by atoms with Gasteiger partial charge in [-0.2, -0.15) is 0 Å². The molecule has 0 aliphatic carbocycles. The Bertz CT molecular complexity index is 1090. The Morgan fingerprint density at radius 1 is 1.00 bits per heavy atom. The first-order valence-electron chi connectivity index (χ1n) is 7.00. The molecular weight excluding hydrogens is 362 g/mol. The summed E-state index contributed by atoms with van der Waals surface area (Å²) in [5.74, 6) is 0.298. The fourth-order valence-corrected chi connectivity index (χ4v) is 5.30. The van der Waals surface area contributed by atoms with Gasteiger partial charge in [-0.1, -0.05) is 36.4 Å². The summed E-state index contributed by atoms with van der Waals surface area (Å²) in [6, 6.07) is 15.1. The molecule has 5 nitrogen and oxygen atoms in total. The van der Waals surface area contributed by atoms with Crippen LogP contribution in [0.4, 0.5) is 5.82 Å². The number of aromatic nitrogens is 2. The SMILES string of the molecule is O=S(=O)(Nc1ncnc2sc(-c3ccccc3)cc12)c1cccs1. The van der Waals surface area contributed by atoms with Gasteiger partial charge in [0, 0.05) is 4.88 Å². The first-order valence-corrected chi connectivity index (χ1v) is 10.2. The van der Waals surface area contributed by atoms with E-state index in [1.165, 1.54) is 29.0 Å². The number of fused-ring (bicyclic) bond motifs is 1. The van der Waals surface area contributed by atoms with Crippen LogP contribution in [-0.2, 0) is 10.0 Å². The summed E-state index contributed by atoms with van der Waals surface area (Å²) in [4.78, 5) is 10.1. The Balaban J connectivity index is 1.78. The van der Waals surface area contributed by atoms with Crippen LogP contribution < -0.4 is 4.72 Å². The second kappa shape index (κ2) is 5.97. The summed E-state index contributed by atoms with van der Waals surface area (Å²) in [5.41, 5.74) is 1.06. The van der Waals surface area contributed by atoms with E-state index in [2.05, 4.69) is 14.7 Å². The fourth-order valence-electron chi connectivity index (χ4n) is 2.28. The van der Waals surface area contributed by atoms with Crippen LogP contribution >= 0.6 is 22.7 Å². The fraction of sp³-hybridized carbons (Fsp3) is 0. The number of nitrogens with zero attached hydrogens (tertiary/aromatic N) is 2. The first kappa shape index (κ1) is 15.3. The minimum Gasteiger partial charge on any atom is -0.262 e. The van der Waals surface area contributed by atoms with E-state index in [0.29, 0.717) is 11.2 Å². The van der Waals surface area contributed by atoms with Gasteiger partial charge in [0.25, 0.3) is 10.0 Å². The molecule has 0 saturated heterocycles. The van der Waals surface area contributed by atoms with Crippen molar-refractivity contribution in [3.05, 3.63) is 60.2 Å². The Hall–Kier alpha value is -2.29. The highest BCUT2D eigenvalue weighted by Crippen LogP contribution is 2.35. The molecule has 0 aliphatic rings. The Kier molecular flexibility index (Phi) is 3.79. The summed E-state index contributed by atoms with van der Waals surface area (Å²) in [5, 5.41) is 2.42. The second-order valence-corrected chi connectivity index (χ2v) is 8.84. The van der Waals surface area contributed by atoms with E-state index in [9.17, 15) is 8.42 Å². The molecule has 24 heavy (non-hydrogen) atoms. The van der Waals surface area contributed by atoms with Crippen LogP contribution in [0.15, 0.2) is 64.4 Å². The van der Waals surface area contributed by atoms with Gasteiger partial charge in [-0.3, -0.25) is 4.72 Å². The summed E-state index contributed by atoms with van der Waals surface area (Å²) < 4.78 is 27.7. The number of thiophene rings is 2. The number of benzene rings is 1. The molecule has 0 saturated carbocycles. The Morgan fingerprint density at radius 3 is 2.58 bits per heavy atom. The molecule has 8 heteroatoms. The van der Waals surface area contributed by atoms with Gasteiger partial charge >= 0.3 is 0 Å². The van der Waals surface area contributed by atoms with Crippen LogP contribution in [0.2, 0.25) is 0 Å². The molecule has 1 aromatic carbocycles. The molecule has 0 atom stereocenters. The third kappa shape index (κ3) is 2.79. The zero-order valence-electron chi connectivity index (χ0n) is 12.2. The molecule has 0 fully saturated rings. The van der Waals surface area contributed by atoms with Crippen molar-refractivity contribution < 1.29 is 8.42 Å². The maximum Gasteiger partial charge on any atom is 0.272 e. The number of anilines is 1. The van der Waals surface area contributed by atoms with Crippen molar-refractivity contribution in [1.29, 1.82) is 0 Å². The molecule has 0 amide bonds. The molecule has 0 bridgehead atoms. The van der Waals surface area contributed by atoms with Crippen molar-refractivity contribution >= 4 is 48.7 Å². The van der Waals surface area contributed by atoms with E-state index < -0.39 is 10.0 Å². The number of sulfonamides is 1. The molecular formula is C16H11N3O2S3. The van der Waals surface area contributed by atoms with Crippen molar-refractivity contribution in [3.8, 4) is 10.4 Å². The molecule has 1 N–H and O–H groups in total. The monoisotopic (exact) mass is 373 g/mol. The van der Waals surface area contributed by atoms with Crippen molar-refractivity contribution in [2.24, 2.45) is 0 Å². The van der Waals surface area contributed by atoms with Gasteiger partial charge in [-0.05, 0) is 23.1 Å². The zero-order chi connectivity index (χ0) is 16.6. The van der Waals surface area contributed by atoms with Gasteiger partial charge in [0.15, 0.2) is 5.82 Å². The first-order chi connectivity index (χ1) is 11.6. The quantitative estimate of drug-likeness (QED) is 0.581. The molecule has 0 aliphatic heterocycles. The van der Waals surface area contributed by atoms with Crippen LogP contribution in [-0.4, -0.2) is 18.4 Å². The lowest BCUT2D eigenvalue weighted by Gasteiger charge is -2.05. The normalized spacial score (nSPS) is 11.7. The van der Waals surface area contributed by atoms with Gasteiger partial charge in [-0.15, -0.1) is 22.7 Å². The Morgan fingerprint density at radius 2 is 1.83 bits per heavy atom. The lowest BCUT2D eigenvalue weighted by atomic mass is 10.2. The highest BCUT2D eigenvalue weighted by Gasteiger charge is 2.18. The van der Waals surface area contributed by atoms with Crippen LogP contribution in [0.1, 0.15) is 0 Å².